The van der Waals surface area contributed by atoms with Gasteiger partial charge in [0, 0.05) is 13.2 Å². The summed E-state index contributed by atoms with van der Waals surface area (Å²) in [5.41, 5.74) is 5.15. The maximum atomic E-state index is 13.4. The zero-order valence-electron chi connectivity index (χ0n) is 17.7. The number of benzene rings is 2. The van der Waals surface area contributed by atoms with E-state index in [0.29, 0.717) is 24.1 Å². The standard InChI is InChI=1S/C24H28N2O5/c1-2-31-24(18-11-5-3-6-12-18,19-13-7-4-8-14-19)23(29)30-17-21(27)26-16-10-9-15-20(26)22(25)28/h3-8,11-14,20H,2,9-10,15-17H2,1H3,(H2,25,28)/t20-/m0/s1. The number of carbonyl (C=O) groups excluding carboxylic acids is 3. The molecule has 0 bridgehead atoms. The minimum Gasteiger partial charge on any atom is -0.453 e. The first kappa shape index (κ1) is 22.5. The molecule has 7 nitrogen and oxygen atoms in total. The van der Waals surface area contributed by atoms with E-state index in [0.717, 1.165) is 12.8 Å². The molecule has 0 aliphatic carbocycles. The van der Waals surface area contributed by atoms with Gasteiger partial charge in [-0.05, 0) is 37.3 Å². The summed E-state index contributed by atoms with van der Waals surface area (Å²) in [7, 11) is 0. The highest BCUT2D eigenvalue weighted by atomic mass is 16.6. The third-order valence-corrected chi connectivity index (χ3v) is 5.49. The number of hydrogen-bond donors (Lipinski definition) is 1. The molecule has 0 radical (unpaired) electrons. The van der Waals surface area contributed by atoms with Crippen LogP contribution in [0.25, 0.3) is 0 Å². The molecule has 3 rings (SSSR count). The quantitative estimate of drug-likeness (QED) is 0.656. The number of carbonyl (C=O) groups is 3. The van der Waals surface area contributed by atoms with Gasteiger partial charge in [-0.2, -0.15) is 0 Å². The molecular formula is C24H28N2O5. The van der Waals surface area contributed by atoms with E-state index in [-0.39, 0.29) is 6.61 Å². The fourth-order valence-electron chi connectivity index (χ4n) is 4.03. The van der Waals surface area contributed by atoms with Crippen LogP contribution < -0.4 is 5.73 Å². The maximum Gasteiger partial charge on any atom is 0.348 e. The van der Waals surface area contributed by atoms with Crippen LogP contribution in [0.2, 0.25) is 0 Å². The highest BCUT2D eigenvalue weighted by Gasteiger charge is 2.45. The van der Waals surface area contributed by atoms with Gasteiger partial charge in [0.15, 0.2) is 6.61 Å². The van der Waals surface area contributed by atoms with Crippen molar-refractivity contribution in [3.05, 3.63) is 71.8 Å². The van der Waals surface area contributed by atoms with Gasteiger partial charge in [-0.1, -0.05) is 60.7 Å². The second-order valence-electron chi connectivity index (χ2n) is 7.42. The monoisotopic (exact) mass is 424 g/mol. The number of amides is 2. The molecule has 1 heterocycles. The van der Waals surface area contributed by atoms with Crippen LogP contribution in [0.4, 0.5) is 0 Å². The number of esters is 1. The molecule has 1 aliphatic rings. The van der Waals surface area contributed by atoms with Crippen LogP contribution in [-0.4, -0.2) is 48.5 Å². The molecule has 1 atom stereocenters. The summed E-state index contributed by atoms with van der Waals surface area (Å²) in [6, 6.07) is 17.5. The number of primary amides is 1. The van der Waals surface area contributed by atoms with Gasteiger partial charge >= 0.3 is 5.97 Å². The molecule has 2 aromatic rings. The van der Waals surface area contributed by atoms with Crippen LogP contribution in [0.1, 0.15) is 37.3 Å². The molecule has 31 heavy (non-hydrogen) atoms. The van der Waals surface area contributed by atoms with Gasteiger partial charge in [0.2, 0.25) is 11.5 Å². The van der Waals surface area contributed by atoms with Crippen LogP contribution in [0, 0.1) is 0 Å². The fourth-order valence-corrected chi connectivity index (χ4v) is 4.03. The van der Waals surface area contributed by atoms with Crippen molar-refractivity contribution in [3.8, 4) is 0 Å². The molecule has 2 aromatic carbocycles. The SMILES string of the molecule is CCOC(C(=O)OCC(=O)N1CCCC[C@H]1C(N)=O)(c1ccccc1)c1ccccc1. The van der Waals surface area contributed by atoms with Gasteiger partial charge in [-0.3, -0.25) is 9.59 Å². The van der Waals surface area contributed by atoms with E-state index in [4.69, 9.17) is 15.2 Å². The summed E-state index contributed by atoms with van der Waals surface area (Å²) in [6.45, 7) is 1.97. The number of nitrogens with zero attached hydrogens (tertiary/aromatic N) is 1. The van der Waals surface area contributed by atoms with Crippen molar-refractivity contribution in [1.29, 1.82) is 0 Å². The molecule has 0 unspecified atom stereocenters. The van der Waals surface area contributed by atoms with Gasteiger partial charge in [0.05, 0.1) is 0 Å². The lowest BCUT2D eigenvalue weighted by Gasteiger charge is -2.35. The van der Waals surface area contributed by atoms with E-state index in [2.05, 4.69) is 0 Å². The zero-order chi connectivity index (χ0) is 22.3. The predicted octanol–water partition coefficient (Wildman–Crippen LogP) is 2.38. The Kier molecular flexibility index (Phi) is 7.41. The first-order chi connectivity index (χ1) is 15.0. The molecule has 0 spiro atoms. The Morgan fingerprint density at radius 1 is 1.00 bits per heavy atom. The first-order valence-electron chi connectivity index (χ1n) is 10.5. The lowest BCUT2D eigenvalue weighted by Crippen LogP contribution is -2.52. The molecule has 0 aromatic heterocycles. The highest BCUT2D eigenvalue weighted by Crippen LogP contribution is 2.35. The predicted molar refractivity (Wildman–Crippen MR) is 115 cm³/mol. The van der Waals surface area contributed by atoms with E-state index in [1.54, 1.807) is 31.2 Å². The molecule has 2 N–H and O–H groups in total. The smallest absolute Gasteiger partial charge is 0.348 e. The Bertz CT molecular complexity index is 861. The maximum absolute atomic E-state index is 13.4. The van der Waals surface area contributed by atoms with Gasteiger partial charge in [-0.25, -0.2) is 4.79 Å². The van der Waals surface area contributed by atoms with Crippen molar-refractivity contribution in [2.24, 2.45) is 5.73 Å². The van der Waals surface area contributed by atoms with Gasteiger partial charge in [0.25, 0.3) is 5.91 Å². The van der Waals surface area contributed by atoms with Crippen LogP contribution in [0.15, 0.2) is 60.7 Å². The topological polar surface area (TPSA) is 98.9 Å². The van der Waals surface area contributed by atoms with Crippen molar-refractivity contribution in [3.63, 3.8) is 0 Å². The van der Waals surface area contributed by atoms with Crippen LogP contribution in [0.3, 0.4) is 0 Å². The summed E-state index contributed by atoms with van der Waals surface area (Å²) in [6.07, 6.45) is 2.12. The Labute approximate surface area is 182 Å². The van der Waals surface area contributed by atoms with Crippen LogP contribution in [0.5, 0.6) is 0 Å². The molecule has 2 amide bonds. The van der Waals surface area contributed by atoms with Crippen molar-refractivity contribution in [1.82, 2.24) is 4.90 Å². The highest BCUT2D eigenvalue weighted by molar-refractivity contribution is 5.90. The number of likely N-dealkylation sites (tertiary alicyclic amines) is 1. The average molecular weight is 424 g/mol. The van der Waals surface area contributed by atoms with E-state index < -0.39 is 36.0 Å². The minimum atomic E-state index is -1.51. The summed E-state index contributed by atoms with van der Waals surface area (Å²) in [5, 5.41) is 0. The number of ether oxygens (including phenoxy) is 2. The van der Waals surface area contributed by atoms with E-state index in [1.807, 2.05) is 36.4 Å². The summed E-state index contributed by atoms with van der Waals surface area (Å²) < 4.78 is 11.5. The van der Waals surface area contributed by atoms with Crippen molar-refractivity contribution in [2.75, 3.05) is 19.8 Å². The van der Waals surface area contributed by atoms with E-state index >= 15 is 0 Å². The lowest BCUT2D eigenvalue weighted by molar-refractivity contribution is -0.172. The molecule has 1 aliphatic heterocycles. The van der Waals surface area contributed by atoms with Crippen molar-refractivity contribution >= 4 is 17.8 Å². The molecule has 7 heteroatoms. The number of nitrogens with two attached hydrogens (primary N) is 1. The number of rotatable bonds is 8. The first-order valence-corrected chi connectivity index (χ1v) is 10.5. The average Bonchev–Trinajstić information content (AvgIpc) is 2.81. The van der Waals surface area contributed by atoms with Crippen molar-refractivity contribution < 1.29 is 23.9 Å². The van der Waals surface area contributed by atoms with Gasteiger partial charge < -0.3 is 20.1 Å². The van der Waals surface area contributed by atoms with E-state index in [1.165, 1.54) is 4.90 Å². The van der Waals surface area contributed by atoms with Gasteiger partial charge in [0.1, 0.15) is 6.04 Å². The number of hydrogen-bond acceptors (Lipinski definition) is 5. The van der Waals surface area contributed by atoms with Crippen LogP contribution >= 0.6 is 0 Å². The third-order valence-electron chi connectivity index (χ3n) is 5.49. The van der Waals surface area contributed by atoms with E-state index in [9.17, 15) is 14.4 Å². The third kappa shape index (κ3) is 4.77. The molecular weight excluding hydrogens is 396 g/mol. The Morgan fingerprint density at radius 3 is 2.10 bits per heavy atom. The van der Waals surface area contributed by atoms with Crippen molar-refractivity contribution in [2.45, 2.75) is 37.8 Å². The largest absolute Gasteiger partial charge is 0.453 e. The van der Waals surface area contributed by atoms with Crippen LogP contribution in [-0.2, 0) is 29.5 Å². The Balaban J connectivity index is 1.87. The molecule has 0 saturated carbocycles. The normalized spacial score (nSPS) is 16.5. The minimum absolute atomic E-state index is 0.253. The lowest BCUT2D eigenvalue weighted by atomic mass is 9.86. The Hall–Kier alpha value is -3.19. The molecule has 1 fully saturated rings. The summed E-state index contributed by atoms with van der Waals surface area (Å²) >= 11 is 0. The molecule has 164 valence electrons. The molecule has 1 saturated heterocycles. The second kappa shape index (κ2) is 10.2. The summed E-state index contributed by atoms with van der Waals surface area (Å²) in [4.78, 5) is 39.4. The zero-order valence-corrected chi connectivity index (χ0v) is 17.7. The second-order valence-corrected chi connectivity index (χ2v) is 7.42. The Morgan fingerprint density at radius 2 is 1.58 bits per heavy atom. The fraction of sp³-hybridized carbons (Fsp3) is 0.375. The summed E-state index contributed by atoms with van der Waals surface area (Å²) in [5.74, 6) is -1.67. The van der Waals surface area contributed by atoms with Gasteiger partial charge in [-0.15, -0.1) is 0 Å². The number of piperidine rings is 1.